The molecule has 1 N–H and O–H groups in total. The molecule has 1 heterocycles. The van der Waals surface area contributed by atoms with E-state index in [9.17, 15) is 13.2 Å². The Balaban J connectivity index is 1.78. The number of aliphatic carboxylic acids is 1. The monoisotopic (exact) mass is 311 g/mol. The number of hydrogen-bond acceptors (Lipinski definition) is 4. The van der Waals surface area contributed by atoms with E-state index in [0.717, 1.165) is 12.8 Å². The standard InChI is InChI=1S/C13H13NO4S2/c15-11(16)7-13(5-6-13)8-19-12-9-3-1-2-4-10(9)20(17,18)14-12/h1-4H,5-8H2,(H,15,16). The number of carboxylic acids is 1. The number of rotatable bonds is 4. The number of fused-ring (bicyclic) bond motifs is 1. The van der Waals surface area contributed by atoms with E-state index in [-0.39, 0.29) is 16.7 Å². The first kappa shape index (κ1) is 13.6. The number of carboxylic acid groups (broad SMARTS) is 1. The van der Waals surface area contributed by atoms with Crippen LogP contribution in [-0.4, -0.2) is 30.3 Å². The first-order chi connectivity index (χ1) is 9.42. The van der Waals surface area contributed by atoms with Gasteiger partial charge in [0.2, 0.25) is 0 Å². The molecule has 0 unspecified atom stereocenters. The third-order valence-electron chi connectivity index (χ3n) is 3.60. The van der Waals surface area contributed by atoms with Gasteiger partial charge in [0.25, 0.3) is 10.0 Å². The van der Waals surface area contributed by atoms with Gasteiger partial charge in [0.1, 0.15) is 5.04 Å². The third kappa shape index (κ3) is 2.47. The molecule has 0 saturated heterocycles. The lowest BCUT2D eigenvalue weighted by Gasteiger charge is -2.11. The van der Waals surface area contributed by atoms with Crippen LogP contribution in [-0.2, 0) is 14.8 Å². The lowest BCUT2D eigenvalue weighted by molar-refractivity contribution is -0.138. The molecule has 106 valence electrons. The van der Waals surface area contributed by atoms with Crippen LogP contribution in [0.1, 0.15) is 24.8 Å². The van der Waals surface area contributed by atoms with Crippen molar-refractivity contribution in [3.8, 4) is 0 Å². The third-order valence-corrected chi connectivity index (χ3v) is 6.39. The minimum absolute atomic E-state index is 0.141. The van der Waals surface area contributed by atoms with Gasteiger partial charge in [-0.25, -0.2) is 0 Å². The fourth-order valence-electron chi connectivity index (χ4n) is 2.27. The number of thioether (sulfide) groups is 1. The topological polar surface area (TPSA) is 83.8 Å². The van der Waals surface area contributed by atoms with Crippen LogP contribution in [0.3, 0.4) is 0 Å². The summed E-state index contributed by atoms with van der Waals surface area (Å²) in [6.07, 6.45) is 1.91. The molecule has 1 fully saturated rings. The van der Waals surface area contributed by atoms with Crippen molar-refractivity contribution >= 4 is 32.8 Å². The van der Waals surface area contributed by atoms with Gasteiger partial charge in [0, 0.05) is 11.3 Å². The molecular weight excluding hydrogens is 298 g/mol. The molecule has 3 rings (SSSR count). The zero-order valence-corrected chi connectivity index (χ0v) is 12.2. The van der Waals surface area contributed by atoms with Crippen LogP contribution in [0.4, 0.5) is 0 Å². The zero-order chi connectivity index (χ0) is 14.4. The largest absolute Gasteiger partial charge is 0.481 e. The second kappa shape index (κ2) is 4.60. The van der Waals surface area contributed by atoms with E-state index in [2.05, 4.69) is 4.40 Å². The SMILES string of the molecule is O=C(O)CC1(CSC2=NS(=O)(=O)c3ccccc32)CC1. The molecule has 0 radical (unpaired) electrons. The molecule has 0 aromatic heterocycles. The lowest BCUT2D eigenvalue weighted by atomic mass is 10.1. The van der Waals surface area contributed by atoms with Gasteiger partial charge in [-0.15, -0.1) is 11.8 Å². The lowest BCUT2D eigenvalue weighted by Crippen LogP contribution is -2.12. The minimum atomic E-state index is -3.57. The van der Waals surface area contributed by atoms with Gasteiger partial charge in [-0.05, 0) is 24.3 Å². The van der Waals surface area contributed by atoms with Crippen LogP contribution in [0.25, 0.3) is 0 Å². The van der Waals surface area contributed by atoms with Crippen molar-refractivity contribution in [2.75, 3.05) is 5.75 Å². The molecule has 7 heteroatoms. The second-order valence-corrected chi connectivity index (χ2v) is 7.76. The van der Waals surface area contributed by atoms with Crippen molar-refractivity contribution in [1.82, 2.24) is 0 Å². The van der Waals surface area contributed by atoms with E-state index in [1.165, 1.54) is 11.8 Å². The number of nitrogens with zero attached hydrogens (tertiary/aromatic N) is 1. The van der Waals surface area contributed by atoms with E-state index in [1.54, 1.807) is 24.3 Å². The first-order valence-corrected chi connectivity index (χ1v) is 8.63. The minimum Gasteiger partial charge on any atom is -0.481 e. The predicted molar refractivity (Wildman–Crippen MR) is 76.5 cm³/mol. The Hall–Kier alpha value is -1.34. The summed E-state index contributed by atoms with van der Waals surface area (Å²) in [5, 5.41) is 9.37. The number of hydrogen-bond donors (Lipinski definition) is 1. The maximum atomic E-state index is 11.9. The fourth-order valence-corrected chi connectivity index (χ4v) is 5.12. The molecule has 1 aliphatic carbocycles. The molecule has 5 nitrogen and oxygen atoms in total. The molecule has 0 atom stereocenters. The normalized spacial score (nSPS) is 21.1. The van der Waals surface area contributed by atoms with Gasteiger partial charge in [-0.1, -0.05) is 18.2 Å². The summed E-state index contributed by atoms with van der Waals surface area (Å²) in [5.41, 5.74) is 0.448. The predicted octanol–water partition coefficient (Wildman–Crippen LogP) is 2.12. The number of sulfonamides is 1. The highest BCUT2D eigenvalue weighted by atomic mass is 32.2. The van der Waals surface area contributed by atoms with Crippen molar-refractivity contribution in [2.45, 2.75) is 24.2 Å². The van der Waals surface area contributed by atoms with Crippen LogP contribution >= 0.6 is 11.8 Å². The second-order valence-electron chi connectivity index (χ2n) is 5.23. The summed E-state index contributed by atoms with van der Waals surface area (Å²) in [5.74, 6) is -0.202. The zero-order valence-electron chi connectivity index (χ0n) is 10.6. The maximum Gasteiger partial charge on any atom is 0.303 e. The average molecular weight is 311 g/mol. The Morgan fingerprint density at radius 3 is 2.70 bits per heavy atom. The number of benzene rings is 1. The summed E-state index contributed by atoms with van der Waals surface area (Å²) in [4.78, 5) is 11.1. The van der Waals surface area contributed by atoms with Crippen LogP contribution < -0.4 is 0 Å². The molecule has 1 saturated carbocycles. The van der Waals surface area contributed by atoms with E-state index >= 15 is 0 Å². The molecular formula is C13H13NO4S2. The van der Waals surface area contributed by atoms with Crippen molar-refractivity contribution < 1.29 is 18.3 Å². The van der Waals surface area contributed by atoms with Crippen LogP contribution in [0.2, 0.25) is 0 Å². The molecule has 0 amide bonds. The van der Waals surface area contributed by atoms with Crippen molar-refractivity contribution in [2.24, 2.45) is 9.81 Å². The van der Waals surface area contributed by atoms with Gasteiger partial charge in [-0.3, -0.25) is 4.79 Å². The summed E-state index contributed by atoms with van der Waals surface area (Å²) in [6.45, 7) is 0. The van der Waals surface area contributed by atoms with Crippen molar-refractivity contribution in [1.29, 1.82) is 0 Å². The Morgan fingerprint density at radius 2 is 2.05 bits per heavy atom. The molecule has 1 aliphatic heterocycles. The number of carbonyl (C=O) groups is 1. The van der Waals surface area contributed by atoms with E-state index in [4.69, 9.17) is 5.11 Å². The molecule has 0 spiro atoms. The van der Waals surface area contributed by atoms with Gasteiger partial charge in [0.05, 0.1) is 11.3 Å². The summed E-state index contributed by atoms with van der Waals surface area (Å²) in [7, 11) is -3.57. The van der Waals surface area contributed by atoms with Crippen molar-refractivity contribution in [3.63, 3.8) is 0 Å². The Labute approximate surface area is 121 Å². The first-order valence-electron chi connectivity index (χ1n) is 6.21. The van der Waals surface area contributed by atoms with Crippen LogP contribution in [0.15, 0.2) is 33.6 Å². The summed E-state index contributed by atoms with van der Waals surface area (Å²) >= 11 is 1.35. The highest BCUT2D eigenvalue weighted by molar-refractivity contribution is 8.15. The molecule has 0 bridgehead atoms. The Kier molecular flexibility index (Phi) is 3.13. The Morgan fingerprint density at radius 1 is 1.35 bits per heavy atom. The van der Waals surface area contributed by atoms with Crippen LogP contribution in [0, 0.1) is 5.41 Å². The molecule has 20 heavy (non-hydrogen) atoms. The van der Waals surface area contributed by atoms with E-state index < -0.39 is 16.0 Å². The summed E-state index contributed by atoms with van der Waals surface area (Å²) in [6, 6.07) is 6.74. The molecule has 1 aromatic rings. The van der Waals surface area contributed by atoms with Gasteiger partial charge >= 0.3 is 5.97 Å². The maximum absolute atomic E-state index is 11.9. The average Bonchev–Trinajstić information content (AvgIpc) is 3.08. The van der Waals surface area contributed by atoms with Crippen LogP contribution in [0.5, 0.6) is 0 Å². The van der Waals surface area contributed by atoms with Gasteiger partial charge in [0.15, 0.2) is 0 Å². The highest BCUT2D eigenvalue weighted by Gasteiger charge is 2.45. The fraction of sp³-hybridized carbons (Fsp3) is 0.385. The van der Waals surface area contributed by atoms with Gasteiger partial charge in [-0.2, -0.15) is 12.8 Å². The summed E-state index contributed by atoms with van der Waals surface area (Å²) < 4.78 is 27.6. The van der Waals surface area contributed by atoms with Gasteiger partial charge < -0.3 is 5.11 Å². The smallest absolute Gasteiger partial charge is 0.303 e. The molecule has 2 aliphatic rings. The van der Waals surface area contributed by atoms with E-state index in [0.29, 0.717) is 16.4 Å². The van der Waals surface area contributed by atoms with E-state index in [1.807, 2.05) is 0 Å². The Bertz CT molecular complexity index is 705. The van der Waals surface area contributed by atoms with Crippen molar-refractivity contribution in [3.05, 3.63) is 29.8 Å². The highest BCUT2D eigenvalue weighted by Crippen LogP contribution is 2.51. The quantitative estimate of drug-likeness (QED) is 0.921. The molecule has 1 aromatic carbocycles.